The maximum absolute atomic E-state index is 5.88. The lowest BCUT2D eigenvalue weighted by atomic mass is 9.93. The molecule has 2 aromatic rings. The van der Waals surface area contributed by atoms with Crippen molar-refractivity contribution in [2.24, 2.45) is 15.1 Å². The minimum Gasteiger partial charge on any atom is -0.253 e. The minimum absolute atomic E-state index is 0.811. The topological polar surface area (TPSA) is 91.6 Å². The van der Waals surface area contributed by atoms with E-state index in [1.165, 1.54) is 36.8 Å². The third-order valence-electron chi connectivity index (χ3n) is 3.74. The number of benzene rings is 1. The Balaban J connectivity index is 0.000000368. The van der Waals surface area contributed by atoms with Crippen LogP contribution in [0.1, 0.15) is 38.2 Å². The van der Waals surface area contributed by atoms with Crippen molar-refractivity contribution in [2.45, 2.75) is 39.2 Å². The van der Waals surface area contributed by atoms with Crippen LogP contribution in [0.4, 0.5) is 0 Å². The number of nitrogens with zero attached hydrogens (tertiary/aromatic N) is 6. The van der Waals surface area contributed by atoms with Crippen LogP contribution in [0, 0.1) is 5.53 Å². The molecule has 126 valence electrons. The largest absolute Gasteiger partial charge is 0.253 e. The Hall–Kier alpha value is -2.41. The SMILES string of the molecule is CCn1cnc(-c2ccc(C3=CCCCC3)cc2)n1.N=NN=NCl. The van der Waals surface area contributed by atoms with E-state index in [-0.39, 0.29) is 0 Å². The standard InChI is InChI=1S/C16H19N3.ClHN4/c1-2-19-12-17-16(18-19)15-10-8-14(9-11-15)13-6-4-3-5-7-13;1-3-5-4-2/h6,8-12H,2-5,7H2,1H3;2H. The summed E-state index contributed by atoms with van der Waals surface area (Å²) < 4.78 is 4.45. The predicted octanol–water partition coefficient (Wildman–Crippen LogP) is 5.46. The highest BCUT2D eigenvalue weighted by molar-refractivity contribution is 6.13. The van der Waals surface area contributed by atoms with Crippen LogP contribution in [-0.4, -0.2) is 14.8 Å². The molecule has 8 heteroatoms. The van der Waals surface area contributed by atoms with E-state index < -0.39 is 0 Å². The molecular formula is C16H20ClN7. The number of rotatable bonds is 4. The zero-order chi connectivity index (χ0) is 17.2. The molecule has 0 unspecified atom stereocenters. The van der Waals surface area contributed by atoms with Gasteiger partial charge in [0, 0.05) is 12.1 Å². The van der Waals surface area contributed by atoms with Gasteiger partial charge in [-0.2, -0.15) is 10.6 Å². The summed E-state index contributed by atoms with van der Waals surface area (Å²) in [5.74, 6) is 0.811. The number of hydrogen-bond acceptors (Lipinski definition) is 4. The summed E-state index contributed by atoms with van der Waals surface area (Å²) in [4.78, 5) is 4.34. The molecule has 0 amide bonds. The third kappa shape index (κ3) is 5.06. The maximum Gasteiger partial charge on any atom is 0.181 e. The number of aryl methyl sites for hydroxylation is 1. The molecule has 0 spiro atoms. The zero-order valence-corrected chi connectivity index (χ0v) is 14.3. The molecule has 0 fully saturated rings. The molecule has 0 atom stereocenters. The summed E-state index contributed by atoms with van der Waals surface area (Å²) in [5, 5.41) is 9.52. The van der Waals surface area contributed by atoms with Gasteiger partial charge in [0.2, 0.25) is 0 Å². The van der Waals surface area contributed by atoms with Crippen molar-refractivity contribution in [1.29, 1.82) is 5.53 Å². The summed E-state index contributed by atoms with van der Waals surface area (Å²) in [6, 6.07) is 8.64. The Morgan fingerprint density at radius 1 is 1.21 bits per heavy atom. The van der Waals surface area contributed by atoms with Crippen molar-refractivity contribution in [3.05, 3.63) is 42.2 Å². The van der Waals surface area contributed by atoms with Gasteiger partial charge in [-0.3, -0.25) is 4.68 Å². The quantitative estimate of drug-likeness (QED) is 0.588. The van der Waals surface area contributed by atoms with E-state index in [0.717, 1.165) is 17.9 Å². The fraction of sp³-hybridized carbons (Fsp3) is 0.375. The van der Waals surface area contributed by atoms with Gasteiger partial charge in [0.25, 0.3) is 0 Å². The van der Waals surface area contributed by atoms with Crippen molar-refractivity contribution in [3.8, 4) is 11.4 Å². The van der Waals surface area contributed by atoms with Crippen LogP contribution in [0.2, 0.25) is 0 Å². The molecule has 1 aromatic carbocycles. The van der Waals surface area contributed by atoms with E-state index in [1.807, 2.05) is 4.68 Å². The lowest BCUT2D eigenvalue weighted by Crippen LogP contribution is -1.94. The number of hydrogen-bond donors (Lipinski definition) is 1. The van der Waals surface area contributed by atoms with Crippen LogP contribution < -0.4 is 0 Å². The summed E-state index contributed by atoms with van der Waals surface area (Å²) in [6.07, 6.45) is 9.24. The highest BCUT2D eigenvalue weighted by atomic mass is 35.5. The van der Waals surface area contributed by atoms with Gasteiger partial charge < -0.3 is 0 Å². The highest BCUT2D eigenvalue weighted by Gasteiger charge is 2.08. The smallest absolute Gasteiger partial charge is 0.181 e. The Morgan fingerprint density at radius 2 is 1.96 bits per heavy atom. The van der Waals surface area contributed by atoms with Crippen LogP contribution in [-0.2, 0) is 6.54 Å². The summed E-state index contributed by atoms with van der Waals surface area (Å²) >= 11 is 4.55. The fourth-order valence-electron chi connectivity index (χ4n) is 2.53. The van der Waals surface area contributed by atoms with Gasteiger partial charge in [0.1, 0.15) is 6.33 Å². The molecule has 0 bridgehead atoms. The molecule has 7 nitrogen and oxygen atoms in total. The molecule has 1 heterocycles. The van der Waals surface area contributed by atoms with Crippen molar-refractivity contribution in [3.63, 3.8) is 0 Å². The zero-order valence-electron chi connectivity index (χ0n) is 13.6. The molecule has 0 aliphatic heterocycles. The summed E-state index contributed by atoms with van der Waals surface area (Å²) in [5.41, 5.74) is 9.81. The van der Waals surface area contributed by atoms with Crippen molar-refractivity contribution in [1.82, 2.24) is 14.8 Å². The first-order valence-electron chi connectivity index (χ1n) is 7.85. The van der Waals surface area contributed by atoms with Gasteiger partial charge in [0.05, 0.1) is 11.8 Å². The molecule has 1 aromatic heterocycles. The lowest BCUT2D eigenvalue weighted by Gasteiger charge is -2.12. The van der Waals surface area contributed by atoms with Gasteiger partial charge in [-0.05, 0) is 54.2 Å². The van der Waals surface area contributed by atoms with Crippen LogP contribution >= 0.6 is 11.8 Å². The van der Waals surface area contributed by atoms with E-state index >= 15 is 0 Å². The second-order valence-electron chi connectivity index (χ2n) is 5.24. The predicted molar refractivity (Wildman–Crippen MR) is 93.4 cm³/mol. The van der Waals surface area contributed by atoms with Gasteiger partial charge in [-0.25, -0.2) is 4.98 Å². The molecule has 0 saturated heterocycles. The minimum atomic E-state index is 0.811. The first-order chi connectivity index (χ1) is 11.8. The van der Waals surface area contributed by atoms with E-state index in [2.05, 4.69) is 74.2 Å². The Labute approximate surface area is 146 Å². The molecule has 3 rings (SSSR count). The number of nitrogens with one attached hydrogen (secondary N) is 1. The second-order valence-corrected chi connectivity index (χ2v) is 5.39. The average Bonchev–Trinajstić information content (AvgIpc) is 3.13. The molecular weight excluding hydrogens is 326 g/mol. The van der Waals surface area contributed by atoms with Crippen LogP contribution in [0.25, 0.3) is 17.0 Å². The van der Waals surface area contributed by atoms with Gasteiger partial charge >= 0.3 is 0 Å². The first kappa shape index (κ1) is 17.9. The third-order valence-corrected chi connectivity index (χ3v) is 3.81. The van der Waals surface area contributed by atoms with Gasteiger partial charge in [0.15, 0.2) is 5.82 Å². The first-order valence-corrected chi connectivity index (χ1v) is 8.19. The summed E-state index contributed by atoms with van der Waals surface area (Å²) in [7, 11) is 0. The average molecular weight is 346 g/mol. The molecule has 1 aliphatic carbocycles. The van der Waals surface area contributed by atoms with Gasteiger partial charge in [-0.1, -0.05) is 35.0 Å². The fourth-order valence-corrected chi connectivity index (χ4v) is 2.56. The van der Waals surface area contributed by atoms with E-state index in [4.69, 9.17) is 5.53 Å². The number of aromatic nitrogens is 3. The van der Waals surface area contributed by atoms with Crippen LogP contribution in [0.15, 0.2) is 51.7 Å². The Kier molecular flexibility index (Phi) is 7.22. The van der Waals surface area contributed by atoms with E-state index in [0.29, 0.717) is 0 Å². The van der Waals surface area contributed by atoms with Gasteiger partial charge in [-0.15, -0.1) is 0 Å². The number of allylic oxidation sites excluding steroid dienone is 2. The van der Waals surface area contributed by atoms with E-state index in [9.17, 15) is 0 Å². The second kappa shape index (κ2) is 9.67. The van der Waals surface area contributed by atoms with Crippen LogP contribution in [0.5, 0.6) is 0 Å². The monoisotopic (exact) mass is 345 g/mol. The maximum atomic E-state index is 5.88. The van der Waals surface area contributed by atoms with Crippen LogP contribution in [0.3, 0.4) is 0 Å². The van der Waals surface area contributed by atoms with Crippen molar-refractivity contribution in [2.75, 3.05) is 0 Å². The van der Waals surface area contributed by atoms with Crippen molar-refractivity contribution < 1.29 is 0 Å². The Bertz CT molecular complexity index is 703. The van der Waals surface area contributed by atoms with E-state index in [1.54, 1.807) is 6.33 Å². The number of halogens is 1. The molecule has 0 radical (unpaired) electrons. The highest BCUT2D eigenvalue weighted by Crippen LogP contribution is 2.27. The van der Waals surface area contributed by atoms with Crippen molar-refractivity contribution >= 4 is 17.3 Å². The normalized spacial score (nSPS) is 14.0. The molecule has 24 heavy (non-hydrogen) atoms. The molecule has 0 saturated carbocycles. The molecule has 1 aliphatic rings. The molecule has 1 N–H and O–H groups in total. The lowest BCUT2D eigenvalue weighted by molar-refractivity contribution is 0.659. The Morgan fingerprint density at radius 3 is 2.46 bits per heavy atom. The summed E-state index contributed by atoms with van der Waals surface area (Å²) in [6.45, 7) is 2.93.